The van der Waals surface area contributed by atoms with Crippen molar-refractivity contribution in [3.8, 4) is 11.5 Å². The first kappa shape index (κ1) is 19.5. The molecule has 26 heavy (non-hydrogen) atoms. The zero-order chi connectivity index (χ0) is 18.5. The van der Waals surface area contributed by atoms with Crippen molar-refractivity contribution >= 4 is 17.7 Å². The molecule has 144 valence electrons. The molecule has 3 rings (SSSR count). The Bertz CT molecular complexity index is 618. The Hall–Kier alpha value is -1.24. The van der Waals surface area contributed by atoms with Crippen LogP contribution in [0.25, 0.3) is 0 Å². The molecule has 0 radical (unpaired) electrons. The lowest BCUT2D eigenvalue weighted by atomic mass is 9.73. The van der Waals surface area contributed by atoms with Gasteiger partial charge in [-0.1, -0.05) is 18.9 Å². The number of nitrogens with zero attached hydrogens (tertiary/aromatic N) is 1. The summed E-state index contributed by atoms with van der Waals surface area (Å²) in [7, 11) is 3.24. The third kappa shape index (κ3) is 4.18. The minimum Gasteiger partial charge on any atom is -0.493 e. The normalized spacial score (nSPS) is 25.5. The molecule has 6 heteroatoms. The molecule has 0 N–H and O–H groups in total. The zero-order valence-corrected chi connectivity index (χ0v) is 16.5. The maximum atomic E-state index is 12.6. The summed E-state index contributed by atoms with van der Waals surface area (Å²) in [5.74, 6) is 1.37. The standard InChI is InChI=1S/C20H29NO4S/c1-23-17-8-7-14(13-18(17)24-2)19(20(22)26)15-5-3-4-6-16(15)21-9-11-25-12-10-21/h7-8,13,15-16,19H,3-6,9-12H2,1-2H3,(H,22,26). The first-order valence-electron chi connectivity index (χ1n) is 9.42. The molecule has 0 aromatic heterocycles. The van der Waals surface area contributed by atoms with Gasteiger partial charge in [-0.05, 0) is 36.5 Å². The van der Waals surface area contributed by atoms with Crippen LogP contribution in [0.15, 0.2) is 18.2 Å². The summed E-state index contributed by atoms with van der Waals surface area (Å²) in [4.78, 5) is 15.1. The average molecular weight is 380 g/mol. The van der Waals surface area contributed by atoms with Crippen LogP contribution in [0.1, 0.15) is 37.2 Å². The van der Waals surface area contributed by atoms with E-state index in [1.54, 1.807) is 14.2 Å². The van der Waals surface area contributed by atoms with Gasteiger partial charge in [0.05, 0.1) is 33.4 Å². The van der Waals surface area contributed by atoms with Gasteiger partial charge in [0, 0.05) is 19.1 Å². The number of thiol groups is 1. The van der Waals surface area contributed by atoms with E-state index in [1.165, 1.54) is 6.42 Å². The summed E-state index contributed by atoms with van der Waals surface area (Å²) in [6.45, 7) is 3.44. The summed E-state index contributed by atoms with van der Waals surface area (Å²) in [6.07, 6.45) is 4.57. The monoisotopic (exact) mass is 379 g/mol. The molecule has 0 bridgehead atoms. The van der Waals surface area contributed by atoms with Crippen molar-refractivity contribution in [1.82, 2.24) is 4.90 Å². The van der Waals surface area contributed by atoms with Crippen LogP contribution in [0, 0.1) is 5.92 Å². The Morgan fingerprint density at radius 3 is 2.50 bits per heavy atom. The maximum absolute atomic E-state index is 12.6. The largest absolute Gasteiger partial charge is 0.493 e. The van der Waals surface area contributed by atoms with Crippen molar-refractivity contribution in [1.29, 1.82) is 0 Å². The molecule has 2 aliphatic rings. The Labute approximate surface area is 161 Å². The minimum absolute atomic E-state index is 0.0672. The van der Waals surface area contributed by atoms with Gasteiger partial charge in [0.15, 0.2) is 16.6 Å². The Balaban J connectivity index is 1.91. The second kappa shape index (κ2) is 9.11. The van der Waals surface area contributed by atoms with Crippen LogP contribution in [0.4, 0.5) is 0 Å². The van der Waals surface area contributed by atoms with Crippen LogP contribution in [0.3, 0.4) is 0 Å². The number of carbonyl (C=O) groups excluding carboxylic acids is 1. The lowest BCUT2D eigenvalue weighted by molar-refractivity contribution is -0.114. The molecule has 1 aliphatic carbocycles. The third-order valence-corrected chi connectivity index (χ3v) is 6.04. The molecule has 3 atom stereocenters. The van der Waals surface area contributed by atoms with Crippen molar-refractivity contribution in [2.45, 2.75) is 37.6 Å². The third-order valence-electron chi connectivity index (χ3n) is 5.76. The molecule has 1 saturated heterocycles. The zero-order valence-electron chi connectivity index (χ0n) is 15.6. The molecule has 0 amide bonds. The van der Waals surface area contributed by atoms with Crippen molar-refractivity contribution in [3.63, 3.8) is 0 Å². The first-order valence-corrected chi connectivity index (χ1v) is 9.87. The molecule has 2 fully saturated rings. The predicted octanol–water partition coefficient (Wildman–Crippen LogP) is 3.13. The molecule has 5 nitrogen and oxygen atoms in total. The quantitative estimate of drug-likeness (QED) is 0.770. The summed E-state index contributed by atoms with van der Waals surface area (Å²) in [5.41, 5.74) is 0.966. The van der Waals surface area contributed by atoms with Crippen LogP contribution >= 0.6 is 12.6 Å². The van der Waals surface area contributed by atoms with E-state index in [1.807, 2.05) is 18.2 Å². The van der Waals surface area contributed by atoms with Crippen LogP contribution in [0.2, 0.25) is 0 Å². The van der Waals surface area contributed by atoms with E-state index in [9.17, 15) is 4.79 Å². The van der Waals surface area contributed by atoms with Crippen LogP contribution in [-0.2, 0) is 9.53 Å². The number of benzene rings is 1. The van der Waals surface area contributed by atoms with Gasteiger partial charge in [0.2, 0.25) is 0 Å². The molecular weight excluding hydrogens is 350 g/mol. The van der Waals surface area contributed by atoms with Crippen molar-refractivity contribution in [3.05, 3.63) is 23.8 Å². The second-order valence-electron chi connectivity index (χ2n) is 7.09. The Morgan fingerprint density at radius 2 is 1.85 bits per heavy atom. The van der Waals surface area contributed by atoms with Gasteiger partial charge in [-0.2, -0.15) is 0 Å². The summed E-state index contributed by atoms with van der Waals surface area (Å²) >= 11 is 4.28. The molecular formula is C20H29NO4S. The maximum Gasteiger partial charge on any atom is 0.193 e. The second-order valence-corrected chi connectivity index (χ2v) is 7.54. The van der Waals surface area contributed by atoms with Crippen molar-refractivity contribution in [2.75, 3.05) is 40.5 Å². The smallest absolute Gasteiger partial charge is 0.193 e. The number of ether oxygens (including phenoxy) is 3. The number of hydrogen-bond donors (Lipinski definition) is 1. The van der Waals surface area contributed by atoms with Crippen LogP contribution in [-0.4, -0.2) is 56.6 Å². The average Bonchev–Trinajstić information content (AvgIpc) is 2.69. The number of hydrogen-bond acceptors (Lipinski definition) is 5. The molecule has 1 saturated carbocycles. The van der Waals surface area contributed by atoms with Gasteiger partial charge >= 0.3 is 0 Å². The predicted molar refractivity (Wildman–Crippen MR) is 104 cm³/mol. The highest BCUT2D eigenvalue weighted by molar-refractivity contribution is 7.96. The minimum atomic E-state index is -0.230. The van der Waals surface area contributed by atoms with Gasteiger partial charge in [0.25, 0.3) is 0 Å². The number of morpholine rings is 1. The Kier molecular flexibility index (Phi) is 6.84. The lowest BCUT2D eigenvalue weighted by Crippen LogP contribution is -2.50. The molecule has 1 aromatic carbocycles. The summed E-state index contributed by atoms with van der Waals surface area (Å²) in [6, 6.07) is 6.19. The first-order chi connectivity index (χ1) is 12.7. The number of methoxy groups -OCH3 is 2. The van der Waals surface area contributed by atoms with E-state index >= 15 is 0 Å². The molecule has 3 unspecified atom stereocenters. The topological polar surface area (TPSA) is 48.0 Å². The summed E-state index contributed by atoms with van der Waals surface area (Å²) < 4.78 is 16.3. The van der Waals surface area contributed by atoms with Crippen molar-refractivity contribution in [2.24, 2.45) is 5.92 Å². The molecule has 0 spiro atoms. The molecule has 1 aliphatic heterocycles. The van der Waals surface area contributed by atoms with Crippen LogP contribution < -0.4 is 9.47 Å². The van der Waals surface area contributed by atoms with Crippen molar-refractivity contribution < 1.29 is 19.0 Å². The van der Waals surface area contributed by atoms with Gasteiger partial charge in [0.1, 0.15) is 0 Å². The number of carbonyl (C=O) groups is 1. The Morgan fingerprint density at radius 1 is 1.15 bits per heavy atom. The fourth-order valence-corrected chi connectivity index (χ4v) is 4.85. The van der Waals surface area contributed by atoms with Crippen LogP contribution in [0.5, 0.6) is 11.5 Å². The number of rotatable bonds is 6. The van der Waals surface area contributed by atoms with E-state index in [4.69, 9.17) is 14.2 Å². The summed E-state index contributed by atoms with van der Waals surface area (Å²) in [5, 5.41) is -0.0672. The highest BCUT2D eigenvalue weighted by atomic mass is 32.1. The lowest BCUT2D eigenvalue weighted by Gasteiger charge is -2.44. The van der Waals surface area contributed by atoms with Gasteiger partial charge in [-0.15, -0.1) is 12.6 Å². The highest BCUT2D eigenvalue weighted by Gasteiger charge is 2.39. The van der Waals surface area contributed by atoms with E-state index in [2.05, 4.69) is 17.5 Å². The highest BCUT2D eigenvalue weighted by Crippen LogP contribution is 2.42. The van der Waals surface area contributed by atoms with E-state index < -0.39 is 0 Å². The SMILES string of the molecule is COc1ccc(C(C(=O)S)C2CCCCC2N2CCOCC2)cc1OC. The van der Waals surface area contributed by atoms with E-state index in [0.29, 0.717) is 17.5 Å². The molecule has 1 heterocycles. The molecule has 1 aromatic rings. The fraction of sp³-hybridized carbons (Fsp3) is 0.650. The van der Waals surface area contributed by atoms with Gasteiger partial charge in [-0.25, -0.2) is 0 Å². The fourth-order valence-electron chi connectivity index (χ4n) is 4.51. The van der Waals surface area contributed by atoms with Gasteiger partial charge in [-0.3, -0.25) is 9.69 Å². The van der Waals surface area contributed by atoms with Gasteiger partial charge < -0.3 is 14.2 Å². The van der Waals surface area contributed by atoms with E-state index in [-0.39, 0.29) is 17.0 Å². The van der Waals surface area contributed by atoms with E-state index in [0.717, 1.165) is 51.1 Å².